The Morgan fingerprint density at radius 1 is 1.39 bits per heavy atom. The Bertz CT molecular complexity index is 409. The van der Waals surface area contributed by atoms with Gasteiger partial charge in [0.2, 0.25) is 0 Å². The summed E-state index contributed by atoms with van der Waals surface area (Å²) in [5.74, 6) is 0.327. The molecule has 0 amide bonds. The number of amidine groups is 1. The highest BCUT2D eigenvalue weighted by atomic mass is 16.4. The Morgan fingerprint density at radius 3 is 2.44 bits per heavy atom. The van der Waals surface area contributed by atoms with Crippen LogP contribution in [0.5, 0.6) is 0 Å². The maximum Gasteiger partial charge on any atom is 0.143 e. The van der Waals surface area contributed by atoms with Crippen LogP contribution in [-0.4, -0.2) is 29.5 Å². The fourth-order valence-corrected chi connectivity index (χ4v) is 2.09. The molecule has 0 saturated carbocycles. The monoisotopic (exact) mass is 249 g/mol. The van der Waals surface area contributed by atoms with Crippen molar-refractivity contribution in [2.45, 2.75) is 27.3 Å². The van der Waals surface area contributed by atoms with Gasteiger partial charge < -0.3 is 15.8 Å². The molecule has 0 saturated heterocycles. The molecule has 0 aliphatic heterocycles. The van der Waals surface area contributed by atoms with Gasteiger partial charge in [-0.1, -0.05) is 30.3 Å². The maximum atomic E-state index is 8.64. The Morgan fingerprint density at radius 2 is 1.94 bits per heavy atom. The summed E-state index contributed by atoms with van der Waals surface area (Å²) >= 11 is 0. The van der Waals surface area contributed by atoms with Crippen LogP contribution in [0.2, 0.25) is 0 Å². The first-order chi connectivity index (χ1) is 8.45. The second kappa shape index (κ2) is 6.40. The average molecular weight is 249 g/mol. The normalized spacial score (nSPS) is 13.9. The van der Waals surface area contributed by atoms with E-state index in [9.17, 15) is 0 Å². The number of hydrogen-bond donors (Lipinski definition) is 2. The van der Waals surface area contributed by atoms with Gasteiger partial charge in [0.05, 0.1) is 0 Å². The van der Waals surface area contributed by atoms with Crippen LogP contribution >= 0.6 is 0 Å². The van der Waals surface area contributed by atoms with Gasteiger partial charge in [-0.25, -0.2) is 0 Å². The summed E-state index contributed by atoms with van der Waals surface area (Å²) in [5.41, 5.74) is 9.55. The van der Waals surface area contributed by atoms with Gasteiger partial charge in [0.15, 0.2) is 0 Å². The predicted octanol–water partition coefficient (Wildman–Crippen LogP) is 2.12. The van der Waals surface area contributed by atoms with Crippen molar-refractivity contribution >= 4 is 5.84 Å². The van der Waals surface area contributed by atoms with Crippen molar-refractivity contribution in [3.8, 4) is 0 Å². The van der Waals surface area contributed by atoms with Crippen LogP contribution in [0.3, 0.4) is 0 Å². The summed E-state index contributed by atoms with van der Waals surface area (Å²) in [6.45, 7) is 7.85. The molecule has 4 heteroatoms. The lowest BCUT2D eigenvalue weighted by atomic mass is 10.0. The smallest absolute Gasteiger partial charge is 0.143 e. The standard InChI is InChI=1S/C14H23N3O/c1-10-6-5-7-11(2)13(10)9-17(4)8-12(3)14(15)16-18/h5-7,12,18H,8-9H2,1-4H3,(H2,15,16). The van der Waals surface area contributed by atoms with E-state index >= 15 is 0 Å². The maximum absolute atomic E-state index is 8.64. The molecule has 1 aromatic carbocycles. The number of aryl methyl sites for hydroxylation is 2. The van der Waals surface area contributed by atoms with Crippen LogP contribution < -0.4 is 5.73 Å². The minimum absolute atomic E-state index is 0.0457. The molecule has 0 aliphatic carbocycles. The summed E-state index contributed by atoms with van der Waals surface area (Å²) < 4.78 is 0. The topological polar surface area (TPSA) is 61.8 Å². The average Bonchev–Trinajstić information content (AvgIpc) is 2.32. The molecule has 1 unspecified atom stereocenters. The number of rotatable bonds is 5. The van der Waals surface area contributed by atoms with E-state index in [0.717, 1.165) is 13.1 Å². The molecule has 0 spiro atoms. The predicted molar refractivity (Wildman–Crippen MR) is 74.8 cm³/mol. The Hall–Kier alpha value is -1.55. The summed E-state index contributed by atoms with van der Waals surface area (Å²) in [4.78, 5) is 2.19. The number of nitrogens with two attached hydrogens (primary N) is 1. The van der Waals surface area contributed by atoms with Crippen LogP contribution in [-0.2, 0) is 6.54 Å². The summed E-state index contributed by atoms with van der Waals surface area (Å²) in [5, 5.41) is 11.7. The summed E-state index contributed by atoms with van der Waals surface area (Å²) in [7, 11) is 2.05. The number of hydrogen-bond acceptors (Lipinski definition) is 3. The van der Waals surface area contributed by atoms with Crippen LogP contribution in [0, 0.1) is 19.8 Å². The minimum Gasteiger partial charge on any atom is -0.409 e. The molecule has 1 atom stereocenters. The van der Waals surface area contributed by atoms with Gasteiger partial charge in [-0.2, -0.15) is 0 Å². The fraction of sp³-hybridized carbons (Fsp3) is 0.500. The third-order valence-corrected chi connectivity index (χ3v) is 3.28. The van der Waals surface area contributed by atoms with E-state index in [2.05, 4.69) is 42.1 Å². The Balaban J connectivity index is 2.68. The van der Waals surface area contributed by atoms with Gasteiger partial charge in [-0.05, 0) is 37.6 Å². The third kappa shape index (κ3) is 3.74. The summed E-state index contributed by atoms with van der Waals surface area (Å²) in [6, 6.07) is 6.33. The molecule has 100 valence electrons. The second-order valence-electron chi connectivity index (χ2n) is 4.99. The molecule has 1 aromatic rings. The second-order valence-corrected chi connectivity index (χ2v) is 4.99. The molecule has 0 aliphatic rings. The zero-order chi connectivity index (χ0) is 13.7. The lowest BCUT2D eigenvalue weighted by Crippen LogP contribution is -2.32. The first kappa shape index (κ1) is 14.5. The highest BCUT2D eigenvalue weighted by Gasteiger charge is 2.12. The first-order valence-electron chi connectivity index (χ1n) is 6.16. The molecule has 1 rings (SSSR count). The molecule has 0 aromatic heterocycles. The van der Waals surface area contributed by atoms with Crippen molar-refractivity contribution in [1.82, 2.24) is 4.90 Å². The Kier molecular flexibility index (Phi) is 5.16. The van der Waals surface area contributed by atoms with Crippen molar-refractivity contribution in [3.63, 3.8) is 0 Å². The van der Waals surface area contributed by atoms with Gasteiger partial charge in [-0.15, -0.1) is 0 Å². The fourth-order valence-electron chi connectivity index (χ4n) is 2.09. The highest BCUT2D eigenvalue weighted by molar-refractivity contribution is 5.82. The van der Waals surface area contributed by atoms with Crippen LogP contribution in [0.25, 0.3) is 0 Å². The van der Waals surface area contributed by atoms with E-state index in [1.165, 1.54) is 16.7 Å². The molecular formula is C14H23N3O. The molecule has 0 fully saturated rings. The van der Waals surface area contributed by atoms with E-state index < -0.39 is 0 Å². The highest BCUT2D eigenvalue weighted by Crippen LogP contribution is 2.15. The van der Waals surface area contributed by atoms with E-state index in [1.807, 2.05) is 14.0 Å². The van der Waals surface area contributed by atoms with E-state index in [0.29, 0.717) is 0 Å². The molecular weight excluding hydrogens is 226 g/mol. The lowest BCUT2D eigenvalue weighted by Gasteiger charge is -2.22. The van der Waals surface area contributed by atoms with Crippen molar-refractivity contribution in [2.75, 3.05) is 13.6 Å². The quantitative estimate of drug-likeness (QED) is 0.364. The SMILES string of the molecule is Cc1cccc(C)c1CN(C)CC(C)/C(N)=N/O. The van der Waals surface area contributed by atoms with Crippen LogP contribution in [0.15, 0.2) is 23.4 Å². The number of nitrogens with zero attached hydrogens (tertiary/aromatic N) is 2. The number of benzene rings is 1. The largest absolute Gasteiger partial charge is 0.409 e. The molecule has 4 nitrogen and oxygen atoms in total. The van der Waals surface area contributed by atoms with E-state index in [4.69, 9.17) is 10.9 Å². The van der Waals surface area contributed by atoms with Gasteiger partial charge in [0, 0.05) is 19.0 Å². The van der Waals surface area contributed by atoms with Crippen molar-refractivity contribution in [1.29, 1.82) is 0 Å². The van der Waals surface area contributed by atoms with Crippen molar-refractivity contribution < 1.29 is 5.21 Å². The first-order valence-corrected chi connectivity index (χ1v) is 6.16. The number of oxime groups is 1. The van der Waals surface area contributed by atoms with E-state index in [-0.39, 0.29) is 11.8 Å². The Labute approximate surface area is 109 Å². The van der Waals surface area contributed by atoms with Gasteiger partial charge in [-0.3, -0.25) is 0 Å². The van der Waals surface area contributed by atoms with Crippen LogP contribution in [0.4, 0.5) is 0 Å². The molecule has 0 bridgehead atoms. The van der Waals surface area contributed by atoms with Gasteiger partial charge in [0.1, 0.15) is 5.84 Å². The lowest BCUT2D eigenvalue weighted by molar-refractivity contribution is 0.290. The van der Waals surface area contributed by atoms with E-state index in [1.54, 1.807) is 0 Å². The van der Waals surface area contributed by atoms with Gasteiger partial charge >= 0.3 is 0 Å². The molecule has 0 heterocycles. The van der Waals surface area contributed by atoms with Gasteiger partial charge in [0.25, 0.3) is 0 Å². The molecule has 3 N–H and O–H groups in total. The van der Waals surface area contributed by atoms with Crippen molar-refractivity contribution in [3.05, 3.63) is 34.9 Å². The van der Waals surface area contributed by atoms with Crippen molar-refractivity contribution in [2.24, 2.45) is 16.8 Å². The van der Waals surface area contributed by atoms with Crippen LogP contribution in [0.1, 0.15) is 23.6 Å². The minimum atomic E-state index is 0.0457. The summed E-state index contributed by atoms with van der Waals surface area (Å²) in [6.07, 6.45) is 0. The molecule has 18 heavy (non-hydrogen) atoms. The third-order valence-electron chi connectivity index (χ3n) is 3.28. The zero-order valence-corrected chi connectivity index (χ0v) is 11.6. The zero-order valence-electron chi connectivity index (χ0n) is 11.6. The molecule has 0 radical (unpaired) electrons.